The van der Waals surface area contributed by atoms with Crippen molar-refractivity contribution in [2.45, 2.75) is 70.6 Å². The van der Waals surface area contributed by atoms with Gasteiger partial charge in [-0.15, -0.1) is 0 Å². The van der Waals surface area contributed by atoms with Crippen LogP contribution in [0.15, 0.2) is 78.9 Å². The van der Waals surface area contributed by atoms with E-state index >= 15 is 0 Å². The SMILES string of the molecule is Cc1ccc2c(c1)C(CCCCCCc1ccc3c(c1)CC3)(c1ccc(O)cc1)c1cc(C)ccc1-2. The molecule has 0 bridgehead atoms. The Morgan fingerprint density at radius 1 is 0.639 bits per heavy atom. The van der Waals surface area contributed by atoms with Crippen LogP contribution >= 0.6 is 0 Å². The molecule has 0 heterocycles. The second-order valence-corrected chi connectivity index (χ2v) is 11.1. The average Bonchev–Trinajstić information content (AvgIpc) is 3.12. The Morgan fingerprint density at radius 3 is 1.89 bits per heavy atom. The van der Waals surface area contributed by atoms with Gasteiger partial charge in [-0.05, 0) is 103 Å². The molecule has 0 saturated heterocycles. The molecule has 1 nitrogen and oxygen atoms in total. The number of benzene rings is 4. The molecule has 2 aliphatic carbocycles. The van der Waals surface area contributed by atoms with Gasteiger partial charge in [-0.25, -0.2) is 0 Å². The number of hydrogen-bond acceptors (Lipinski definition) is 1. The fourth-order valence-corrected chi connectivity index (χ4v) is 6.58. The van der Waals surface area contributed by atoms with Crippen LogP contribution in [0.25, 0.3) is 11.1 Å². The first-order chi connectivity index (χ1) is 17.5. The minimum atomic E-state index is -0.169. The van der Waals surface area contributed by atoms with Crippen molar-refractivity contribution in [2.75, 3.05) is 0 Å². The lowest BCUT2D eigenvalue weighted by atomic mass is 9.68. The maximum Gasteiger partial charge on any atom is 0.115 e. The van der Waals surface area contributed by atoms with Crippen molar-refractivity contribution >= 4 is 0 Å². The summed E-state index contributed by atoms with van der Waals surface area (Å²) in [6.07, 6.45) is 9.78. The van der Waals surface area contributed by atoms with Gasteiger partial charge in [-0.2, -0.15) is 0 Å². The van der Waals surface area contributed by atoms with Crippen LogP contribution < -0.4 is 0 Å². The molecule has 0 spiro atoms. The molecule has 1 N–H and O–H groups in total. The first kappa shape index (κ1) is 23.1. The fraction of sp³-hybridized carbons (Fsp3) is 0.314. The molecule has 0 radical (unpaired) electrons. The summed E-state index contributed by atoms with van der Waals surface area (Å²) in [6, 6.07) is 29.0. The summed E-state index contributed by atoms with van der Waals surface area (Å²) in [5.41, 5.74) is 14.0. The van der Waals surface area contributed by atoms with Crippen molar-refractivity contribution in [2.24, 2.45) is 0 Å². The standard InChI is InChI=1S/C35H36O/c1-24-8-18-31-32-19-9-25(2)22-34(32)35(33(31)21-24,29-14-16-30(36)17-15-29)20-6-4-3-5-7-26-10-11-27-12-13-28(27)23-26/h8-11,14-19,21-23,36H,3-7,12-13,20H2,1-2H3. The number of unbranched alkanes of at least 4 members (excludes halogenated alkanes) is 3. The van der Waals surface area contributed by atoms with Gasteiger partial charge in [0.25, 0.3) is 0 Å². The second-order valence-electron chi connectivity index (χ2n) is 11.1. The van der Waals surface area contributed by atoms with Crippen LogP contribution in [0.2, 0.25) is 0 Å². The number of aryl methyl sites for hydroxylation is 5. The lowest BCUT2D eigenvalue weighted by Gasteiger charge is -2.34. The third kappa shape index (κ3) is 3.95. The number of phenols is 1. The predicted octanol–water partition coefficient (Wildman–Crippen LogP) is 8.62. The molecule has 0 unspecified atom stereocenters. The first-order valence-corrected chi connectivity index (χ1v) is 13.7. The van der Waals surface area contributed by atoms with Gasteiger partial charge in [0, 0.05) is 5.41 Å². The Morgan fingerprint density at radius 2 is 1.28 bits per heavy atom. The Kier molecular flexibility index (Phi) is 5.96. The topological polar surface area (TPSA) is 20.2 Å². The molecular weight excluding hydrogens is 436 g/mol. The Balaban J connectivity index is 1.26. The van der Waals surface area contributed by atoms with Gasteiger partial charge in [-0.1, -0.05) is 97.1 Å². The van der Waals surface area contributed by atoms with E-state index in [2.05, 4.69) is 80.6 Å². The van der Waals surface area contributed by atoms with E-state index < -0.39 is 0 Å². The van der Waals surface area contributed by atoms with Crippen LogP contribution in [0.3, 0.4) is 0 Å². The number of hydrogen-bond donors (Lipinski definition) is 1. The van der Waals surface area contributed by atoms with E-state index in [1.165, 1.54) is 89.5 Å². The molecule has 36 heavy (non-hydrogen) atoms. The Hall–Kier alpha value is -3.32. The highest BCUT2D eigenvalue weighted by Gasteiger charge is 2.44. The molecule has 6 rings (SSSR count). The molecular formula is C35H36O. The van der Waals surface area contributed by atoms with Crippen LogP contribution in [0.5, 0.6) is 5.75 Å². The lowest BCUT2D eigenvalue weighted by molar-refractivity contribution is 0.473. The molecule has 0 fully saturated rings. The summed E-state index contributed by atoms with van der Waals surface area (Å²) < 4.78 is 0. The average molecular weight is 473 g/mol. The number of phenolic OH excluding ortho intramolecular Hbond substituents is 1. The van der Waals surface area contributed by atoms with Crippen LogP contribution in [0.1, 0.15) is 76.6 Å². The van der Waals surface area contributed by atoms with E-state index in [4.69, 9.17) is 0 Å². The van der Waals surface area contributed by atoms with Crippen molar-refractivity contribution in [3.8, 4) is 16.9 Å². The summed E-state index contributed by atoms with van der Waals surface area (Å²) in [5, 5.41) is 10.1. The monoisotopic (exact) mass is 472 g/mol. The maximum atomic E-state index is 10.1. The van der Waals surface area contributed by atoms with Crippen molar-refractivity contribution in [1.29, 1.82) is 0 Å². The van der Waals surface area contributed by atoms with E-state index in [1.807, 2.05) is 12.1 Å². The molecule has 182 valence electrons. The summed E-state index contributed by atoms with van der Waals surface area (Å²) in [7, 11) is 0. The highest BCUT2D eigenvalue weighted by molar-refractivity contribution is 5.84. The second kappa shape index (κ2) is 9.28. The zero-order chi connectivity index (χ0) is 24.7. The van der Waals surface area contributed by atoms with Crippen LogP contribution in [0.4, 0.5) is 0 Å². The van der Waals surface area contributed by atoms with Crippen molar-refractivity contribution in [3.05, 3.63) is 123 Å². The summed E-state index contributed by atoms with van der Waals surface area (Å²) in [5.74, 6) is 0.330. The Labute approximate surface area is 215 Å². The van der Waals surface area contributed by atoms with Gasteiger partial charge in [-0.3, -0.25) is 0 Å². The van der Waals surface area contributed by atoms with E-state index in [-0.39, 0.29) is 5.41 Å². The van der Waals surface area contributed by atoms with Crippen molar-refractivity contribution in [1.82, 2.24) is 0 Å². The summed E-state index contributed by atoms with van der Waals surface area (Å²) in [6.45, 7) is 4.40. The van der Waals surface area contributed by atoms with Crippen LogP contribution in [-0.2, 0) is 24.7 Å². The smallest absolute Gasteiger partial charge is 0.115 e. The molecule has 4 aromatic rings. The first-order valence-electron chi connectivity index (χ1n) is 13.7. The van der Waals surface area contributed by atoms with Crippen LogP contribution in [-0.4, -0.2) is 5.11 Å². The minimum Gasteiger partial charge on any atom is -0.508 e. The third-order valence-electron chi connectivity index (χ3n) is 8.62. The zero-order valence-electron chi connectivity index (χ0n) is 21.6. The quantitative estimate of drug-likeness (QED) is 0.255. The van der Waals surface area contributed by atoms with Gasteiger partial charge >= 0.3 is 0 Å². The van der Waals surface area contributed by atoms with Gasteiger partial charge in [0.1, 0.15) is 5.75 Å². The molecule has 0 aromatic heterocycles. The van der Waals surface area contributed by atoms with Gasteiger partial charge in [0.15, 0.2) is 0 Å². The lowest BCUT2D eigenvalue weighted by Crippen LogP contribution is -2.27. The molecule has 1 heteroatoms. The number of fused-ring (bicyclic) bond motifs is 4. The largest absolute Gasteiger partial charge is 0.508 e. The molecule has 2 aliphatic rings. The molecule has 4 aromatic carbocycles. The minimum absolute atomic E-state index is 0.169. The summed E-state index contributed by atoms with van der Waals surface area (Å²) >= 11 is 0. The molecule has 0 atom stereocenters. The molecule has 0 aliphatic heterocycles. The Bertz CT molecular complexity index is 1360. The zero-order valence-corrected chi connectivity index (χ0v) is 21.6. The normalized spacial score (nSPS) is 14.6. The van der Waals surface area contributed by atoms with Crippen molar-refractivity contribution < 1.29 is 5.11 Å². The van der Waals surface area contributed by atoms with Crippen LogP contribution in [0, 0.1) is 13.8 Å². The molecule has 0 amide bonds. The van der Waals surface area contributed by atoms with Gasteiger partial charge in [0.05, 0.1) is 0 Å². The highest BCUT2D eigenvalue weighted by Crippen LogP contribution is 2.55. The van der Waals surface area contributed by atoms with Gasteiger partial charge in [0.2, 0.25) is 0 Å². The number of aromatic hydroxyl groups is 1. The molecule has 0 saturated carbocycles. The van der Waals surface area contributed by atoms with E-state index in [0.29, 0.717) is 5.75 Å². The highest BCUT2D eigenvalue weighted by atomic mass is 16.3. The van der Waals surface area contributed by atoms with E-state index in [9.17, 15) is 5.11 Å². The maximum absolute atomic E-state index is 10.1. The van der Waals surface area contributed by atoms with E-state index in [1.54, 1.807) is 11.1 Å². The number of rotatable bonds is 8. The summed E-state index contributed by atoms with van der Waals surface area (Å²) in [4.78, 5) is 0. The van der Waals surface area contributed by atoms with E-state index in [0.717, 1.165) is 6.42 Å². The predicted molar refractivity (Wildman–Crippen MR) is 150 cm³/mol. The van der Waals surface area contributed by atoms with Crippen molar-refractivity contribution in [3.63, 3.8) is 0 Å². The third-order valence-corrected chi connectivity index (χ3v) is 8.62. The fourth-order valence-electron chi connectivity index (χ4n) is 6.58. The van der Waals surface area contributed by atoms with Gasteiger partial charge < -0.3 is 5.11 Å².